The SMILES string of the molecule is [CH2]Cc1cc(F)ccc1F. The third-order valence-electron chi connectivity index (χ3n) is 1.28. The second-order valence-corrected chi connectivity index (χ2v) is 1.99. The molecule has 2 heteroatoms. The van der Waals surface area contributed by atoms with Crippen LogP contribution in [0.4, 0.5) is 8.78 Å². The van der Waals surface area contributed by atoms with Gasteiger partial charge in [-0.1, -0.05) is 0 Å². The summed E-state index contributed by atoms with van der Waals surface area (Å²) < 4.78 is 24.9. The van der Waals surface area contributed by atoms with Crippen molar-refractivity contribution in [2.75, 3.05) is 0 Å². The molecule has 0 fully saturated rings. The van der Waals surface area contributed by atoms with E-state index < -0.39 is 11.6 Å². The standard InChI is InChI=1S/C8H7F2/c1-2-6-5-7(9)3-4-8(6)10/h3-5H,1-2H2. The van der Waals surface area contributed by atoms with Crippen LogP contribution in [0.1, 0.15) is 5.56 Å². The summed E-state index contributed by atoms with van der Waals surface area (Å²) in [4.78, 5) is 0. The average Bonchev–Trinajstić information content (AvgIpc) is 1.94. The third-order valence-corrected chi connectivity index (χ3v) is 1.28. The summed E-state index contributed by atoms with van der Waals surface area (Å²) in [5.41, 5.74) is 0.319. The van der Waals surface area contributed by atoms with E-state index in [1.165, 1.54) is 0 Å². The van der Waals surface area contributed by atoms with Gasteiger partial charge in [0.2, 0.25) is 0 Å². The predicted molar refractivity (Wildman–Crippen MR) is 35.4 cm³/mol. The average molecular weight is 141 g/mol. The molecule has 1 radical (unpaired) electrons. The summed E-state index contributed by atoms with van der Waals surface area (Å²) in [5.74, 6) is -0.809. The van der Waals surface area contributed by atoms with Gasteiger partial charge in [0.25, 0.3) is 0 Å². The summed E-state index contributed by atoms with van der Waals surface area (Å²) in [6.45, 7) is 3.45. The molecule has 1 aromatic carbocycles. The largest absolute Gasteiger partial charge is 0.207 e. The van der Waals surface area contributed by atoms with Crippen molar-refractivity contribution >= 4 is 0 Å². The van der Waals surface area contributed by atoms with Crippen molar-refractivity contribution in [3.05, 3.63) is 42.3 Å². The Kier molecular flexibility index (Phi) is 2.00. The van der Waals surface area contributed by atoms with Crippen LogP contribution in [-0.2, 0) is 6.42 Å². The Bertz CT molecular complexity index is 231. The monoisotopic (exact) mass is 141 g/mol. The van der Waals surface area contributed by atoms with Gasteiger partial charge in [0.15, 0.2) is 0 Å². The predicted octanol–water partition coefficient (Wildman–Crippen LogP) is 2.34. The topological polar surface area (TPSA) is 0 Å². The minimum Gasteiger partial charge on any atom is -0.207 e. The summed E-state index contributed by atoms with van der Waals surface area (Å²) >= 11 is 0. The van der Waals surface area contributed by atoms with Gasteiger partial charge in [-0.25, -0.2) is 8.78 Å². The highest BCUT2D eigenvalue weighted by atomic mass is 19.1. The van der Waals surface area contributed by atoms with Crippen molar-refractivity contribution in [3.8, 4) is 0 Å². The van der Waals surface area contributed by atoms with Crippen LogP contribution in [0.25, 0.3) is 0 Å². The smallest absolute Gasteiger partial charge is 0.126 e. The molecule has 0 aliphatic carbocycles. The van der Waals surface area contributed by atoms with E-state index in [9.17, 15) is 8.78 Å². The van der Waals surface area contributed by atoms with Crippen LogP contribution < -0.4 is 0 Å². The fourth-order valence-electron chi connectivity index (χ4n) is 0.735. The van der Waals surface area contributed by atoms with Crippen molar-refractivity contribution in [1.29, 1.82) is 0 Å². The number of benzene rings is 1. The summed E-state index contributed by atoms with van der Waals surface area (Å²) in [7, 11) is 0. The number of rotatable bonds is 1. The van der Waals surface area contributed by atoms with Crippen LogP contribution in [0.5, 0.6) is 0 Å². The molecule has 0 amide bonds. The normalized spacial score (nSPS) is 9.90. The van der Waals surface area contributed by atoms with E-state index in [0.29, 0.717) is 5.56 Å². The zero-order valence-electron chi connectivity index (χ0n) is 5.40. The van der Waals surface area contributed by atoms with Gasteiger partial charge in [-0.3, -0.25) is 0 Å². The first kappa shape index (κ1) is 7.19. The molecule has 0 aromatic heterocycles. The lowest BCUT2D eigenvalue weighted by Gasteiger charge is -1.96. The zero-order valence-corrected chi connectivity index (χ0v) is 5.40. The highest BCUT2D eigenvalue weighted by Crippen LogP contribution is 2.09. The Morgan fingerprint density at radius 2 is 2.00 bits per heavy atom. The van der Waals surface area contributed by atoms with Crippen LogP contribution in [-0.4, -0.2) is 0 Å². The minimum absolute atomic E-state index is 0.281. The highest BCUT2D eigenvalue weighted by Gasteiger charge is 1.99. The van der Waals surface area contributed by atoms with Crippen LogP contribution in [0.2, 0.25) is 0 Å². The lowest BCUT2D eigenvalue weighted by atomic mass is 10.1. The molecule has 0 nitrogen and oxygen atoms in total. The van der Waals surface area contributed by atoms with Gasteiger partial charge in [0.05, 0.1) is 0 Å². The molecule has 0 bridgehead atoms. The van der Waals surface area contributed by atoms with Gasteiger partial charge >= 0.3 is 0 Å². The molecular formula is C8H7F2. The van der Waals surface area contributed by atoms with Gasteiger partial charge in [-0.05, 0) is 37.1 Å². The van der Waals surface area contributed by atoms with Gasteiger partial charge in [-0.15, -0.1) is 0 Å². The molecule has 0 spiro atoms. The molecule has 0 saturated heterocycles. The van der Waals surface area contributed by atoms with Crippen LogP contribution in [0, 0.1) is 18.6 Å². The first-order chi connectivity index (χ1) is 4.74. The molecule has 0 N–H and O–H groups in total. The molecule has 0 saturated carbocycles. The minimum atomic E-state index is -0.417. The zero-order chi connectivity index (χ0) is 7.56. The van der Waals surface area contributed by atoms with Crippen molar-refractivity contribution in [2.45, 2.75) is 6.42 Å². The Balaban J connectivity index is 3.09. The first-order valence-corrected chi connectivity index (χ1v) is 2.97. The third kappa shape index (κ3) is 1.32. The molecule has 1 aromatic rings. The molecule has 53 valence electrons. The fraction of sp³-hybridized carbons (Fsp3) is 0.125. The van der Waals surface area contributed by atoms with E-state index in [0.717, 1.165) is 18.2 Å². The van der Waals surface area contributed by atoms with Crippen molar-refractivity contribution in [2.24, 2.45) is 0 Å². The Morgan fingerprint density at radius 1 is 1.30 bits per heavy atom. The fourth-order valence-corrected chi connectivity index (χ4v) is 0.735. The number of halogens is 2. The van der Waals surface area contributed by atoms with Crippen molar-refractivity contribution in [1.82, 2.24) is 0 Å². The summed E-state index contributed by atoms with van der Waals surface area (Å²) in [6.07, 6.45) is 0.281. The van der Waals surface area contributed by atoms with E-state index in [1.807, 2.05) is 0 Å². The lowest BCUT2D eigenvalue weighted by Crippen LogP contribution is -1.88. The van der Waals surface area contributed by atoms with Crippen molar-refractivity contribution in [3.63, 3.8) is 0 Å². The molecule has 0 heterocycles. The maximum Gasteiger partial charge on any atom is 0.126 e. The van der Waals surface area contributed by atoms with Gasteiger partial charge < -0.3 is 0 Å². The molecule has 10 heavy (non-hydrogen) atoms. The number of hydrogen-bond donors (Lipinski definition) is 0. The van der Waals surface area contributed by atoms with E-state index in [4.69, 9.17) is 0 Å². The maximum absolute atomic E-state index is 12.6. The molecule has 0 aliphatic heterocycles. The van der Waals surface area contributed by atoms with E-state index in [-0.39, 0.29) is 6.42 Å². The second kappa shape index (κ2) is 2.78. The van der Waals surface area contributed by atoms with E-state index >= 15 is 0 Å². The van der Waals surface area contributed by atoms with Crippen LogP contribution in [0.3, 0.4) is 0 Å². The second-order valence-electron chi connectivity index (χ2n) is 1.99. The Labute approximate surface area is 58.5 Å². The lowest BCUT2D eigenvalue weighted by molar-refractivity contribution is 0.589. The van der Waals surface area contributed by atoms with Crippen molar-refractivity contribution < 1.29 is 8.78 Å². The molecule has 0 aliphatic rings. The van der Waals surface area contributed by atoms with Crippen LogP contribution in [0.15, 0.2) is 18.2 Å². The quantitative estimate of drug-likeness (QED) is 0.563. The molecule has 1 rings (SSSR count). The summed E-state index contributed by atoms with van der Waals surface area (Å²) in [6, 6.07) is 3.35. The molecule has 0 atom stereocenters. The van der Waals surface area contributed by atoms with E-state index in [1.54, 1.807) is 0 Å². The summed E-state index contributed by atoms with van der Waals surface area (Å²) in [5, 5.41) is 0. The van der Waals surface area contributed by atoms with Gasteiger partial charge in [0, 0.05) is 0 Å². The van der Waals surface area contributed by atoms with Crippen LogP contribution >= 0.6 is 0 Å². The molecule has 0 unspecified atom stereocenters. The Hall–Kier alpha value is -0.920. The van der Waals surface area contributed by atoms with Gasteiger partial charge in [-0.2, -0.15) is 0 Å². The van der Waals surface area contributed by atoms with E-state index in [2.05, 4.69) is 6.92 Å². The highest BCUT2D eigenvalue weighted by molar-refractivity contribution is 5.19. The first-order valence-electron chi connectivity index (χ1n) is 2.97. The number of hydrogen-bond acceptors (Lipinski definition) is 0. The Morgan fingerprint density at radius 3 is 2.50 bits per heavy atom. The van der Waals surface area contributed by atoms with Gasteiger partial charge in [0.1, 0.15) is 11.6 Å². The maximum atomic E-state index is 12.6. The molecular weight excluding hydrogens is 134 g/mol.